The summed E-state index contributed by atoms with van der Waals surface area (Å²) < 4.78 is 29.0. The lowest BCUT2D eigenvalue weighted by molar-refractivity contribution is 0.305. The number of para-hydroxylation sites is 1. The lowest BCUT2D eigenvalue weighted by Crippen LogP contribution is -2.29. The first-order valence-corrected chi connectivity index (χ1v) is 13.2. The molecule has 0 saturated heterocycles. The quantitative estimate of drug-likeness (QED) is 0.561. The van der Waals surface area contributed by atoms with Crippen LogP contribution in [0.5, 0.6) is 0 Å². The van der Waals surface area contributed by atoms with E-state index in [1.807, 2.05) is 30.3 Å². The molecule has 0 bridgehead atoms. The first kappa shape index (κ1) is 22.3. The molecule has 0 amide bonds. The highest BCUT2D eigenvalue weighted by Gasteiger charge is 2.20. The van der Waals surface area contributed by atoms with Gasteiger partial charge in [-0.15, -0.1) is 0 Å². The van der Waals surface area contributed by atoms with Crippen LogP contribution in [0, 0.1) is 5.92 Å². The molecule has 2 aromatic carbocycles. The monoisotopic (exact) mass is 441 g/mol. The van der Waals surface area contributed by atoms with Crippen LogP contribution in [0.4, 0.5) is 5.69 Å². The summed E-state index contributed by atoms with van der Waals surface area (Å²) >= 11 is 0. The maximum Gasteiger partial charge on any atom is 0.261 e. The maximum atomic E-state index is 13.1. The standard InChI is InChI=1S/C25H35N3O2S/c1-19(15-20-7-3-2-4-8-20)27-18-22-9-5-6-10-25(22)28-31(29,30)24-12-11-21-13-14-26-17-23(21)16-24/h5-6,9-12,16,19-20,26-28H,2-4,7-8,13-15,17-18H2,1H3. The summed E-state index contributed by atoms with van der Waals surface area (Å²) in [4.78, 5) is 0.323. The van der Waals surface area contributed by atoms with Crippen molar-refractivity contribution >= 4 is 15.7 Å². The predicted octanol–water partition coefficient (Wildman–Crippen LogP) is 4.58. The van der Waals surface area contributed by atoms with Crippen molar-refractivity contribution in [1.29, 1.82) is 0 Å². The number of sulfonamides is 1. The van der Waals surface area contributed by atoms with E-state index < -0.39 is 10.0 Å². The fraction of sp³-hybridized carbons (Fsp3) is 0.520. The SMILES string of the molecule is CC(CC1CCCCC1)NCc1ccccc1NS(=O)(=O)c1ccc2c(c1)CNCC2. The van der Waals surface area contributed by atoms with Crippen molar-refractivity contribution in [2.75, 3.05) is 11.3 Å². The van der Waals surface area contributed by atoms with Crippen LogP contribution in [0.25, 0.3) is 0 Å². The van der Waals surface area contributed by atoms with Crippen LogP contribution in [0.1, 0.15) is 62.1 Å². The highest BCUT2D eigenvalue weighted by Crippen LogP contribution is 2.28. The van der Waals surface area contributed by atoms with Crippen molar-refractivity contribution < 1.29 is 8.42 Å². The van der Waals surface area contributed by atoms with E-state index in [9.17, 15) is 8.42 Å². The molecule has 1 atom stereocenters. The van der Waals surface area contributed by atoms with Gasteiger partial charge in [-0.25, -0.2) is 8.42 Å². The molecule has 1 unspecified atom stereocenters. The van der Waals surface area contributed by atoms with E-state index in [0.717, 1.165) is 36.6 Å². The zero-order valence-electron chi connectivity index (χ0n) is 18.5. The summed E-state index contributed by atoms with van der Waals surface area (Å²) in [5.74, 6) is 0.823. The van der Waals surface area contributed by atoms with Gasteiger partial charge in [-0.2, -0.15) is 0 Å². The van der Waals surface area contributed by atoms with E-state index in [4.69, 9.17) is 0 Å². The third-order valence-corrected chi connectivity index (χ3v) is 8.05. The van der Waals surface area contributed by atoms with Crippen LogP contribution in [0.2, 0.25) is 0 Å². The van der Waals surface area contributed by atoms with Gasteiger partial charge in [-0.05, 0) is 67.1 Å². The Morgan fingerprint density at radius 2 is 1.87 bits per heavy atom. The zero-order chi connectivity index (χ0) is 21.7. The topological polar surface area (TPSA) is 70.2 Å². The summed E-state index contributed by atoms with van der Waals surface area (Å²) in [6, 6.07) is 13.6. The van der Waals surface area contributed by atoms with Crippen molar-refractivity contribution in [2.45, 2.75) is 75.9 Å². The van der Waals surface area contributed by atoms with Crippen molar-refractivity contribution in [3.8, 4) is 0 Å². The molecule has 4 rings (SSSR count). The molecule has 1 fully saturated rings. The van der Waals surface area contributed by atoms with E-state index in [1.165, 1.54) is 44.1 Å². The van der Waals surface area contributed by atoms with Gasteiger partial charge in [0.15, 0.2) is 0 Å². The van der Waals surface area contributed by atoms with Gasteiger partial charge in [0.1, 0.15) is 0 Å². The van der Waals surface area contributed by atoms with Crippen molar-refractivity contribution in [3.05, 3.63) is 59.2 Å². The molecule has 1 saturated carbocycles. The lowest BCUT2D eigenvalue weighted by Gasteiger charge is -2.25. The molecule has 2 aromatic rings. The fourth-order valence-corrected chi connectivity index (χ4v) is 6.04. The zero-order valence-corrected chi connectivity index (χ0v) is 19.3. The van der Waals surface area contributed by atoms with Gasteiger partial charge in [-0.1, -0.05) is 56.4 Å². The number of nitrogens with one attached hydrogen (secondary N) is 3. The highest BCUT2D eigenvalue weighted by molar-refractivity contribution is 7.92. The van der Waals surface area contributed by atoms with Crippen molar-refractivity contribution in [2.24, 2.45) is 5.92 Å². The summed E-state index contributed by atoms with van der Waals surface area (Å²) in [7, 11) is -3.64. The van der Waals surface area contributed by atoms with Gasteiger partial charge >= 0.3 is 0 Å². The van der Waals surface area contributed by atoms with Crippen molar-refractivity contribution in [1.82, 2.24) is 10.6 Å². The lowest BCUT2D eigenvalue weighted by atomic mass is 9.85. The summed E-state index contributed by atoms with van der Waals surface area (Å²) in [6.45, 7) is 4.55. The average Bonchev–Trinajstić information content (AvgIpc) is 2.78. The molecule has 168 valence electrons. The summed E-state index contributed by atoms with van der Waals surface area (Å²) in [5, 5.41) is 6.92. The Morgan fingerprint density at radius 1 is 1.06 bits per heavy atom. The second kappa shape index (κ2) is 10.2. The van der Waals surface area contributed by atoms with Gasteiger partial charge in [0, 0.05) is 19.1 Å². The second-order valence-electron chi connectivity index (χ2n) is 9.14. The third kappa shape index (κ3) is 5.88. The van der Waals surface area contributed by atoms with Gasteiger partial charge in [0.2, 0.25) is 0 Å². The van der Waals surface area contributed by atoms with Crippen LogP contribution in [0.15, 0.2) is 47.4 Å². The maximum absolute atomic E-state index is 13.1. The van der Waals surface area contributed by atoms with Crippen LogP contribution >= 0.6 is 0 Å². The first-order chi connectivity index (χ1) is 15.0. The first-order valence-electron chi connectivity index (χ1n) is 11.7. The van der Waals surface area contributed by atoms with E-state index in [1.54, 1.807) is 12.1 Å². The van der Waals surface area contributed by atoms with E-state index in [-0.39, 0.29) is 0 Å². The second-order valence-corrected chi connectivity index (χ2v) is 10.8. The molecule has 0 spiro atoms. The molecule has 0 radical (unpaired) electrons. The molecule has 31 heavy (non-hydrogen) atoms. The molecule has 1 aliphatic carbocycles. The smallest absolute Gasteiger partial charge is 0.261 e. The van der Waals surface area contributed by atoms with Gasteiger partial charge < -0.3 is 10.6 Å². The Balaban J connectivity index is 1.42. The molecule has 2 aliphatic rings. The van der Waals surface area contributed by atoms with E-state index in [2.05, 4.69) is 22.3 Å². The fourth-order valence-electron chi connectivity index (χ4n) is 4.89. The van der Waals surface area contributed by atoms with Crippen molar-refractivity contribution in [3.63, 3.8) is 0 Å². The molecule has 5 nitrogen and oxygen atoms in total. The summed E-state index contributed by atoms with van der Waals surface area (Å²) in [6.07, 6.45) is 8.93. The molecular weight excluding hydrogens is 406 g/mol. The Bertz CT molecular complexity index is 984. The molecule has 1 aliphatic heterocycles. The molecule has 1 heterocycles. The number of fused-ring (bicyclic) bond motifs is 1. The number of hydrogen-bond donors (Lipinski definition) is 3. The van der Waals surface area contributed by atoms with E-state index >= 15 is 0 Å². The Labute approximate surface area is 187 Å². The Kier molecular flexibility index (Phi) is 7.31. The number of anilines is 1. The number of benzene rings is 2. The van der Waals surface area contributed by atoms with Crippen LogP contribution in [-0.4, -0.2) is 21.0 Å². The van der Waals surface area contributed by atoms with E-state index in [0.29, 0.717) is 23.2 Å². The minimum atomic E-state index is -3.64. The van der Waals surface area contributed by atoms with Crippen LogP contribution < -0.4 is 15.4 Å². The predicted molar refractivity (Wildman–Crippen MR) is 127 cm³/mol. The van der Waals surface area contributed by atoms with Crippen LogP contribution in [-0.2, 0) is 29.5 Å². The highest BCUT2D eigenvalue weighted by atomic mass is 32.2. The van der Waals surface area contributed by atoms with Gasteiger partial charge in [0.05, 0.1) is 10.6 Å². The molecular formula is C25H35N3O2S. The number of rotatable bonds is 8. The third-order valence-electron chi connectivity index (χ3n) is 6.69. The molecule has 0 aromatic heterocycles. The summed E-state index contributed by atoms with van der Waals surface area (Å²) in [5.41, 5.74) is 3.92. The van der Waals surface area contributed by atoms with Gasteiger partial charge in [0.25, 0.3) is 10.0 Å². The Morgan fingerprint density at radius 3 is 2.71 bits per heavy atom. The normalized spacial score (nSPS) is 18.4. The largest absolute Gasteiger partial charge is 0.312 e. The van der Waals surface area contributed by atoms with Crippen LogP contribution in [0.3, 0.4) is 0 Å². The minimum absolute atomic E-state index is 0.323. The molecule has 3 N–H and O–H groups in total. The van der Waals surface area contributed by atoms with Gasteiger partial charge in [-0.3, -0.25) is 4.72 Å². The minimum Gasteiger partial charge on any atom is -0.312 e. The molecule has 6 heteroatoms. The number of hydrogen-bond acceptors (Lipinski definition) is 4. The average molecular weight is 442 g/mol. The Hall–Kier alpha value is -1.89.